The van der Waals surface area contributed by atoms with Gasteiger partial charge in [0.2, 0.25) is 5.95 Å². The third kappa shape index (κ3) is 1.58. The lowest BCUT2D eigenvalue weighted by atomic mass is 10.1. The maximum absolute atomic E-state index is 10.8. The van der Waals surface area contributed by atoms with Gasteiger partial charge in [-0.05, 0) is 6.42 Å². The first-order valence-electron chi connectivity index (χ1n) is 4.49. The first-order chi connectivity index (χ1) is 6.81. The van der Waals surface area contributed by atoms with E-state index in [1.165, 1.54) is 0 Å². The smallest absolute Gasteiger partial charge is 0.220 e. The van der Waals surface area contributed by atoms with Crippen LogP contribution in [0.25, 0.3) is 0 Å². The van der Waals surface area contributed by atoms with Crippen LogP contribution in [-0.4, -0.2) is 29.5 Å². The monoisotopic (exact) mass is 193 g/mol. The maximum Gasteiger partial charge on any atom is 0.220 e. The van der Waals surface area contributed by atoms with Crippen LogP contribution in [0.5, 0.6) is 0 Å². The van der Waals surface area contributed by atoms with Crippen molar-refractivity contribution in [2.75, 3.05) is 18.9 Å². The highest BCUT2D eigenvalue weighted by molar-refractivity contribution is 5.75. The van der Waals surface area contributed by atoms with E-state index in [4.69, 9.17) is 10.5 Å². The highest BCUT2D eigenvalue weighted by Crippen LogP contribution is 2.15. The third-order valence-electron chi connectivity index (χ3n) is 2.23. The summed E-state index contributed by atoms with van der Waals surface area (Å²) in [6.07, 6.45) is 2.11. The van der Waals surface area contributed by atoms with Gasteiger partial charge in [0.25, 0.3) is 0 Å². The Bertz CT molecular complexity index is 365. The molecule has 1 aromatic rings. The van der Waals surface area contributed by atoms with Crippen molar-refractivity contribution in [3.63, 3.8) is 0 Å². The molecular formula is C9H11N3O2. The molecule has 0 saturated carbocycles. The average Bonchev–Trinajstić information content (AvgIpc) is 2.41. The molecular weight excluding hydrogens is 182 g/mol. The van der Waals surface area contributed by atoms with Crippen molar-refractivity contribution in [3.05, 3.63) is 17.0 Å². The summed E-state index contributed by atoms with van der Waals surface area (Å²) in [5.41, 5.74) is 7.61. The number of rotatable bonds is 1. The fourth-order valence-electron chi connectivity index (χ4n) is 1.59. The zero-order chi connectivity index (χ0) is 9.97. The number of nitrogens with two attached hydrogens (primary N) is 1. The van der Waals surface area contributed by atoms with Gasteiger partial charge in [-0.25, -0.2) is 9.97 Å². The van der Waals surface area contributed by atoms with Crippen LogP contribution < -0.4 is 5.73 Å². The van der Waals surface area contributed by atoms with Gasteiger partial charge in [-0.2, -0.15) is 0 Å². The molecule has 2 N–H and O–H groups in total. The maximum atomic E-state index is 10.8. The molecule has 2 heterocycles. The summed E-state index contributed by atoms with van der Waals surface area (Å²) in [5, 5.41) is 0. The van der Waals surface area contributed by atoms with E-state index in [0.717, 1.165) is 17.5 Å². The number of nitrogen functional groups attached to an aromatic ring is 1. The molecule has 0 fully saturated rings. The minimum Gasteiger partial charge on any atom is -0.381 e. The van der Waals surface area contributed by atoms with Crippen molar-refractivity contribution < 1.29 is 9.53 Å². The van der Waals surface area contributed by atoms with E-state index < -0.39 is 0 Å². The minimum atomic E-state index is 0.160. The van der Waals surface area contributed by atoms with Gasteiger partial charge in [0.1, 0.15) is 5.69 Å². The molecule has 0 atom stereocenters. The zero-order valence-corrected chi connectivity index (χ0v) is 7.69. The number of nitrogens with zero attached hydrogens (tertiary/aromatic N) is 2. The van der Waals surface area contributed by atoms with E-state index in [0.29, 0.717) is 31.7 Å². The Morgan fingerprint density at radius 3 is 2.86 bits per heavy atom. The molecule has 5 heteroatoms. The van der Waals surface area contributed by atoms with Gasteiger partial charge < -0.3 is 10.5 Å². The van der Waals surface area contributed by atoms with Crippen molar-refractivity contribution in [1.29, 1.82) is 0 Å². The standard InChI is InChI=1S/C9H11N3O2/c10-9-11-7-2-4-14-3-1-6(7)8(5-13)12-9/h5H,1-4H2,(H2,10,11,12). The van der Waals surface area contributed by atoms with Gasteiger partial charge in [0, 0.05) is 12.0 Å². The lowest BCUT2D eigenvalue weighted by Crippen LogP contribution is -2.08. The molecule has 74 valence electrons. The summed E-state index contributed by atoms with van der Waals surface area (Å²) in [4.78, 5) is 18.8. The van der Waals surface area contributed by atoms with E-state index in [-0.39, 0.29) is 5.95 Å². The van der Waals surface area contributed by atoms with Crippen LogP contribution in [0.2, 0.25) is 0 Å². The number of ether oxygens (including phenoxy) is 1. The molecule has 0 spiro atoms. The van der Waals surface area contributed by atoms with Crippen molar-refractivity contribution in [2.45, 2.75) is 12.8 Å². The van der Waals surface area contributed by atoms with E-state index in [9.17, 15) is 4.79 Å². The molecule has 14 heavy (non-hydrogen) atoms. The number of hydrogen-bond acceptors (Lipinski definition) is 5. The molecule has 0 aliphatic carbocycles. The first-order valence-corrected chi connectivity index (χ1v) is 4.49. The zero-order valence-electron chi connectivity index (χ0n) is 7.69. The van der Waals surface area contributed by atoms with Gasteiger partial charge in [0.05, 0.1) is 18.9 Å². The second-order valence-corrected chi connectivity index (χ2v) is 3.12. The second kappa shape index (κ2) is 3.71. The lowest BCUT2D eigenvalue weighted by Gasteiger charge is -2.06. The molecule has 0 unspecified atom stereocenters. The normalized spacial score (nSPS) is 15.7. The Labute approximate surface area is 81.3 Å². The Hall–Kier alpha value is -1.49. The molecule has 1 aliphatic rings. The number of aldehydes is 1. The largest absolute Gasteiger partial charge is 0.381 e. The quantitative estimate of drug-likeness (QED) is 0.634. The van der Waals surface area contributed by atoms with Crippen LogP contribution in [0.4, 0.5) is 5.95 Å². The summed E-state index contributed by atoms with van der Waals surface area (Å²) in [6, 6.07) is 0. The Kier molecular flexibility index (Phi) is 2.41. The van der Waals surface area contributed by atoms with E-state index in [1.54, 1.807) is 0 Å². The molecule has 0 aromatic carbocycles. The van der Waals surface area contributed by atoms with Crippen LogP contribution in [0, 0.1) is 0 Å². The fourth-order valence-corrected chi connectivity index (χ4v) is 1.59. The third-order valence-corrected chi connectivity index (χ3v) is 2.23. The van der Waals surface area contributed by atoms with Gasteiger partial charge in [-0.1, -0.05) is 0 Å². The van der Waals surface area contributed by atoms with Gasteiger partial charge in [-0.15, -0.1) is 0 Å². The SMILES string of the molecule is Nc1nc(C=O)c2c(n1)CCOCC2. The fraction of sp³-hybridized carbons (Fsp3) is 0.444. The lowest BCUT2D eigenvalue weighted by molar-refractivity contribution is 0.111. The van der Waals surface area contributed by atoms with E-state index >= 15 is 0 Å². The van der Waals surface area contributed by atoms with Crippen molar-refractivity contribution in [3.8, 4) is 0 Å². The van der Waals surface area contributed by atoms with Crippen molar-refractivity contribution >= 4 is 12.2 Å². The molecule has 0 bridgehead atoms. The average molecular weight is 193 g/mol. The van der Waals surface area contributed by atoms with Gasteiger partial charge in [-0.3, -0.25) is 4.79 Å². The van der Waals surface area contributed by atoms with E-state index in [1.807, 2.05) is 0 Å². The molecule has 1 aromatic heterocycles. The first kappa shape index (κ1) is 9.08. The predicted octanol–water partition coefficient (Wildman–Crippen LogP) is -0.0135. The highest BCUT2D eigenvalue weighted by atomic mass is 16.5. The number of hydrogen-bond donors (Lipinski definition) is 1. The Balaban J connectivity index is 2.51. The van der Waals surface area contributed by atoms with Gasteiger partial charge >= 0.3 is 0 Å². The van der Waals surface area contributed by atoms with Crippen LogP contribution >= 0.6 is 0 Å². The molecule has 0 amide bonds. The van der Waals surface area contributed by atoms with Crippen molar-refractivity contribution in [2.24, 2.45) is 0 Å². The summed E-state index contributed by atoms with van der Waals surface area (Å²) in [7, 11) is 0. The van der Waals surface area contributed by atoms with E-state index in [2.05, 4.69) is 9.97 Å². The molecule has 5 nitrogen and oxygen atoms in total. The van der Waals surface area contributed by atoms with Crippen LogP contribution in [0.3, 0.4) is 0 Å². The van der Waals surface area contributed by atoms with Crippen molar-refractivity contribution in [1.82, 2.24) is 9.97 Å². The predicted molar refractivity (Wildman–Crippen MR) is 50.1 cm³/mol. The Morgan fingerprint density at radius 1 is 1.29 bits per heavy atom. The van der Waals surface area contributed by atoms with Crippen LogP contribution in [0.1, 0.15) is 21.7 Å². The molecule has 0 radical (unpaired) electrons. The van der Waals surface area contributed by atoms with Crippen LogP contribution in [-0.2, 0) is 17.6 Å². The number of carbonyl (C=O) groups is 1. The second-order valence-electron chi connectivity index (χ2n) is 3.12. The number of carbonyl (C=O) groups excluding carboxylic acids is 1. The minimum absolute atomic E-state index is 0.160. The summed E-state index contributed by atoms with van der Waals surface area (Å²) in [5.74, 6) is 0.160. The number of fused-ring (bicyclic) bond motifs is 1. The molecule has 0 saturated heterocycles. The van der Waals surface area contributed by atoms with Gasteiger partial charge in [0.15, 0.2) is 6.29 Å². The summed E-state index contributed by atoms with van der Waals surface area (Å²) >= 11 is 0. The highest BCUT2D eigenvalue weighted by Gasteiger charge is 2.15. The number of anilines is 1. The summed E-state index contributed by atoms with van der Waals surface area (Å²) < 4.78 is 5.29. The van der Waals surface area contributed by atoms with Crippen LogP contribution in [0.15, 0.2) is 0 Å². The Morgan fingerprint density at radius 2 is 2.07 bits per heavy atom. The molecule has 2 rings (SSSR count). The summed E-state index contributed by atoms with van der Waals surface area (Å²) in [6.45, 7) is 1.24. The topological polar surface area (TPSA) is 78.1 Å². The number of aromatic nitrogens is 2. The molecule has 1 aliphatic heterocycles.